The average molecular weight is 378 g/mol. The Morgan fingerprint density at radius 1 is 1.16 bits per heavy atom. The molecule has 1 rings (SSSR count). The van der Waals surface area contributed by atoms with Crippen LogP contribution in [0.25, 0.3) is 0 Å². The second kappa shape index (κ2) is 8.26. The lowest BCUT2D eigenvalue weighted by Gasteiger charge is -2.19. The Balaban J connectivity index is 2.85. The number of ether oxygens (including phenoxy) is 3. The van der Waals surface area contributed by atoms with Crippen LogP contribution in [0.2, 0.25) is 0 Å². The highest BCUT2D eigenvalue weighted by molar-refractivity contribution is 7.81. The molecule has 8 nitrogen and oxygen atoms in total. The Morgan fingerprint density at radius 3 is 2.32 bits per heavy atom. The van der Waals surface area contributed by atoms with Gasteiger partial charge in [-0.1, -0.05) is 3.89 Å². The smallest absolute Gasteiger partial charge is 0.465 e. The first-order valence-electron chi connectivity index (χ1n) is 7.05. The van der Waals surface area contributed by atoms with E-state index >= 15 is 0 Å². The van der Waals surface area contributed by atoms with E-state index in [0.29, 0.717) is 0 Å². The van der Waals surface area contributed by atoms with Gasteiger partial charge in [0.05, 0.1) is 19.3 Å². The van der Waals surface area contributed by atoms with Crippen molar-refractivity contribution in [3.8, 4) is 5.75 Å². The topological polar surface area (TPSA) is 105 Å². The number of carbonyl (C=O) groups is 2. The van der Waals surface area contributed by atoms with Gasteiger partial charge in [0, 0.05) is 0 Å². The molecule has 0 fully saturated rings. The Bertz CT molecular complexity index is 736. The molecule has 1 aromatic rings. The second-order valence-corrected chi connectivity index (χ2v) is 6.87. The van der Waals surface area contributed by atoms with Crippen LogP contribution in [0.15, 0.2) is 18.2 Å². The number of carbonyl (C=O) groups excluding carboxylic acids is 2. The fraction of sp³-hybridized carbons (Fsp3) is 0.467. The first-order chi connectivity index (χ1) is 11.4. The molecule has 0 saturated carbocycles. The van der Waals surface area contributed by atoms with E-state index in [1.807, 2.05) is 0 Å². The Kier molecular flexibility index (Phi) is 6.88. The molecule has 25 heavy (non-hydrogen) atoms. The Labute approximate surface area is 145 Å². The first kappa shape index (κ1) is 20.8. The largest absolute Gasteiger partial charge is 0.488 e. The minimum Gasteiger partial charge on any atom is -0.465 e. The molecule has 0 N–H and O–H groups in total. The van der Waals surface area contributed by atoms with Crippen LogP contribution in [0.3, 0.4) is 0 Å². The maximum Gasteiger partial charge on any atom is 0.488 e. The zero-order valence-electron chi connectivity index (χ0n) is 14.2. The zero-order chi connectivity index (χ0) is 19.3. The summed E-state index contributed by atoms with van der Waals surface area (Å²) in [6, 6.07) is 3.48. The molecule has 0 amide bonds. The van der Waals surface area contributed by atoms with Crippen molar-refractivity contribution in [2.75, 3.05) is 13.7 Å². The number of methoxy groups -OCH3 is 1. The van der Waals surface area contributed by atoms with E-state index in [1.54, 1.807) is 20.8 Å². The van der Waals surface area contributed by atoms with Crippen LogP contribution in [0.5, 0.6) is 5.75 Å². The van der Waals surface area contributed by atoms with Gasteiger partial charge < -0.3 is 18.4 Å². The van der Waals surface area contributed by atoms with Gasteiger partial charge >= 0.3 is 22.4 Å². The van der Waals surface area contributed by atoms with Gasteiger partial charge in [0.25, 0.3) is 0 Å². The van der Waals surface area contributed by atoms with Gasteiger partial charge in [-0.05, 0) is 44.5 Å². The molecule has 0 bridgehead atoms. The van der Waals surface area contributed by atoms with Crippen molar-refractivity contribution in [3.63, 3.8) is 0 Å². The Morgan fingerprint density at radius 2 is 1.80 bits per heavy atom. The SMILES string of the molecule is COC(=O)c1cc(COCC(=O)OC(C)(C)C)cc(OS(=O)(=O)F)c1. The quantitative estimate of drug-likeness (QED) is 0.523. The maximum atomic E-state index is 12.7. The van der Waals surface area contributed by atoms with E-state index in [1.165, 1.54) is 6.07 Å². The predicted octanol–water partition coefficient (Wildman–Crippen LogP) is 1.92. The van der Waals surface area contributed by atoms with Gasteiger partial charge in [0.15, 0.2) is 0 Å². The summed E-state index contributed by atoms with van der Waals surface area (Å²) in [6.45, 7) is 4.56. The predicted molar refractivity (Wildman–Crippen MR) is 83.9 cm³/mol. The van der Waals surface area contributed by atoms with Crippen molar-refractivity contribution in [2.24, 2.45) is 0 Å². The lowest BCUT2D eigenvalue weighted by atomic mass is 10.1. The molecule has 0 aliphatic carbocycles. The van der Waals surface area contributed by atoms with E-state index in [-0.39, 0.29) is 24.3 Å². The molecular formula is C15H19FO8S. The summed E-state index contributed by atoms with van der Waals surface area (Å²) in [4.78, 5) is 23.1. The number of hydrogen-bond acceptors (Lipinski definition) is 8. The van der Waals surface area contributed by atoms with Gasteiger partial charge in [-0.3, -0.25) is 0 Å². The third-order valence-corrected chi connectivity index (χ3v) is 2.88. The van der Waals surface area contributed by atoms with Crippen molar-refractivity contribution < 1.29 is 40.3 Å². The van der Waals surface area contributed by atoms with E-state index in [4.69, 9.17) is 9.47 Å². The zero-order valence-corrected chi connectivity index (χ0v) is 15.0. The maximum absolute atomic E-state index is 12.7. The molecule has 10 heteroatoms. The van der Waals surface area contributed by atoms with Gasteiger partial charge in [-0.25, -0.2) is 9.59 Å². The summed E-state index contributed by atoms with van der Waals surface area (Å²) >= 11 is 0. The third-order valence-electron chi connectivity index (χ3n) is 2.49. The molecule has 0 saturated heterocycles. The van der Waals surface area contributed by atoms with Crippen LogP contribution in [-0.2, 0) is 36.1 Å². The average Bonchev–Trinajstić information content (AvgIpc) is 2.42. The summed E-state index contributed by atoms with van der Waals surface area (Å²) in [7, 11) is -4.14. The van der Waals surface area contributed by atoms with Crippen molar-refractivity contribution in [2.45, 2.75) is 33.0 Å². The molecule has 0 aliphatic rings. The molecule has 0 heterocycles. The molecule has 0 aliphatic heterocycles. The summed E-state index contributed by atoms with van der Waals surface area (Å²) in [5, 5.41) is 0. The highest BCUT2D eigenvalue weighted by Crippen LogP contribution is 2.21. The van der Waals surface area contributed by atoms with Gasteiger partial charge in [0.2, 0.25) is 0 Å². The molecule has 0 aromatic heterocycles. The van der Waals surface area contributed by atoms with Crippen LogP contribution in [-0.4, -0.2) is 39.7 Å². The van der Waals surface area contributed by atoms with Crippen molar-refractivity contribution in [3.05, 3.63) is 29.3 Å². The monoisotopic (exact) mass is 378 g/mol. The molecule has 140 valence electrons. The highest BCUT2D eigenvalue weighted by Gasteiger charge is 2.17. The summed E-state index contributed by atoms with van der Waals surface area (Å²) in [5.74, 6) is -1.81. The second-order valence-electron chi connectivity index (χ2n) is 5.91. The van der Waals surface area contributed by atoms with E-state index in [9.17, 15) is 21.9 Å². The lowest BCUT2D eigenvalue weighted by Crippen LogP contribution is -2.26. The van der Waals surface area contributed by atoms with Gasteiger partial charge in [-0.15, -0.1) is 0 Å². The third kappa shape index (κ3) is 8.45. The first-order valence-corrected chi connectivity index (χ1v) is 8.36. The van der Waals surface area contributed by atoms with E-state index in [2.05, 4.69) is 8.92 Å². The van der Waals surface area contributed by atoms with Crippen LogP contribution in [0.4, 0.5) is 3.89 Å². The minimum absolute atomic E-state index is 0.0699. The summed E-state index contributed by atoms with van der Waals surface area (Å²) < 4.78 is 52.7. The number of benzene rings is 1. The fourth-order valence-corrected chi connectivity index (χ4v) is 2.09. The molecule has 0 atom stereocenters. The van der Waals surface area contributed by atoms with Crippen LogP contribution in [0.1, 0.15) is 36.7 Å². The van der Waals surface area contributed by atoms with E-state index < -0.39 is 33.8 Å². The molecule has 1 aromatic carbocycles. The number of rotatable bonds is 7. The Hall–Kier alpha value is -2.20. The van der Waals surface area contributed by atoms with Crippen LogP contribution >= 0.6 is 0 Å². The van der Waals surface area contributed by atoms with E-state index in [0.717, 1.165) is 19.2 Å². The summed E-state index contributed by atoms with van der Waals surface area (Å²) in [6.07, 6.45) is 0. The van der Waals surface area contributed by atoms with Gasteiger partial charge in [0.1, 0.15) is 18.0 Å². The van der Waals surface area contributed by atoms with Gasteiger partial charge in [-0.2, -0.15) is 8.42 Å². The number of halogens is 1. The van der Waals surface area contributed by atoms with Crippen LogP contribution in [0, 0.1) is 0 Å². The molecule has 0 radical (unpaired) electrons. The summed E-state index contributed by atoms with van der Waals surface area (Å²) in [5.41, 5.74) is -0.466. The fourth-order valence-electron chi connectivity index (χ4n) is 1.77. The normalized spacial score (nSPS) is 11.7. The van der Waals surface area contributed by atoms with Crippen LogP contribution < -0.4 is 4.18 Å². The molecule has 0 unspecified atom stereocenters. The molecular weight excluding hydrogens is 359 g/mol. The number of esters is 2. The molecule has 0 spiro atoms. The minimum atomic E-state index is -5.26. The lowest BCUT2D eigenvalue weighted by molar-refractivity contribution is -0.160. The van der Waals surface area contributed by atoms with Crippen molar-refractivity contribution in [1.29, 1.82) is 0 Å². The standard InChI is InChI=1S/C15H19FO8S/c1-15(2,3)23-13(17)9-22-8-10-5-11(14(18)21-4)7-12(6-10)24-25(16,19)20/h5-7H,8-9H2,1-4H3. The number of hydrogen-bond donors (Lipinski definition) is 0. The van der Waals surface area contributed by atoms with Crippen molar-refractivity contribution >= 4 is 22.4 Å². The van der Waals surface area contributed by atoms with Crippen molar-refractivity contribution in [1.82, 2.24) is 0 Å². The highest BCUT2D eigenvalue weighted by atomic mass is 32.3.